The van der Waals surface area contributed by atoms with Crippen LogP contribution in [0.4, 0.5) is 0 Å². The van der Waals surface area contributed by atoms with E-state index in [-0.39, 0.29) is 0 Å². The fourth-order valence-corrected chi connectivity index (χ4v) is 2.40. The van der Waals surface area contributed by atoms with Crippen molar-refractivity contribution < 1.29 is 0 Å². The maximum absolute atomic E-state index is 5.47. The number of nitrogens with two attached hydrogens (primary N) is 1. The number of benzene rings is 1. The zero-order chi connectivity index (χ0) is 11.9. The molecule has 17 heavy (non-hydrogen) atoms. The van der Waals surface area contributed by atoms with Gasteiger partial charge in [-0.2, -0.15) is 0 Å². The molecule has 0 saturated heterocycles. The molecule has 2 unspecified atom stereocenters. The van der Waals surface area contributed by atoms with Crippen molar-refractivity contribution in [1.82, 2.24) is 5.32 Å². The van der Waals surface area contributed by atoms with E-state index in [0.717, 1.165) is 18.5 Å². The second-order valence-electron chi connectivity index (χ2n) is 5.02. The number of hydrogen-bond donors (Lipinski definition) is 2. The quantitative estimate of drug-likeness (QED) is 0.676. The Morgan fingerprint density at radius 3 is 2.59 bits per heavy atom. The summed E-state index contributed by atoms with van der Waals surface area (Å²) in [5.41, 5.74) is 6.96. The Morgan fingerprint density at radius 2 is 1.82 bits per heavy atom. The highest BCUT2D eigenvalue weighted by atomic mass is 15.0. The van der Waals surface area contributed by atoms with Crippen LogP contribution in [0.1, 0.15) is 43.6 Å². The van der Waals surface area contributed by atoms with E-state index >= 15 is 0 Å². The molecule has 0 aliphatic heterocycles. The molecule has 0 radical (unpaired) electrons. The van der Waals surface area contributed by atoms with Crippen LogP contribution in [-0.2, 0) is 0 Å². The standard InChI is InChI=1S/C15H24N2/c16-10-6-1-2-7-11-17-15-12-14(15)13-8-4-3-5-9-13/h3-5,8-9,14-15,17H,1-2,6-7,10-12,16H2. The first-order chi connectivity index (χ1) is 8.42. The van der Waals surface area contributed by atoms with Gasteiger partial charge < -0.3 is 11.1 Å². The Balaban J connectivity index is 1.55. The molecule has 3 N–H and O–H groups in total. The lowest BCUT2D eigenvalue weighted by atomic mass is 10.1. The van der Waals surface area contributed by atoms with Gasteiger partial charge in [0.15, 0.2) is 0 Å². The van der Waals surface area contributed by atoms with Gasteiger partial charge in [0.05, 0.1) is 0 Å². The van der Waals surface area contributed by atoms with Crippen molar-refractivity contribution in [3.8, 4) is 0 Å². The van der Waals surface area contributed by atoms with Gasteiger partial charge >= 0.3 is 0 Å². The second kappa shape index (κ2) is 6.77. The molecule has 1 saturated carbocycles. The van der Waals surface area contributed by atoms with Gasteiger partial charge in [0.1, 0.15) is 0 Å². The molecule has 2 nitrogen and oxygen atoms in total. The van der Waals surface area contributed by atoms with Crippen molar-refractivity contribution in [2.45, 2.75) is 44.1 Å². The van der Waals surface area contributed by atoms with Crippen LogP contribution in [0.15, 0.2) is 30.3 Å². The zero-order valence-electron chi connectivity index (χ0n) is 10.6. The van der Waals surface area contributed by atoms with Crippen molar-refractivity contribution in [2.24, 2.45) is 5.73 Å². The predicted octanol–water partition coefficient (Wildman–Crippen LogP) is 2.65. The van der Waals surface area contributed by atoms with Crippen LogP contribution in [0, 0.1) is 0 Å². The van der Waals surface area contributed by atoms with Gasteiger partial charge in [-0.25, -0.2) is 0 Å². The lowest BCUT2D eigenvalue weighted by Crippen LogP contribution is -2.19. The molecule has 0 heterocycles. The largest absolute Gasteiger partial charge is 0.330 e. The molecule has 0 amide bonds. The summed E-state index contributed by atoms with van der Waals surface area (Å²) < 4.78 is 0. The average molecular weight is 232 g/mol. The van der Waals surface area contributed by atoms with Crippen LogP contribution in [0.5, 0.6) is 0 Å². The molecule has 1 aliphatic rings. The molecule has 94 valence electrons. The van der Waals surface area contributed by atoms with Crippen LogP contribution in [0.25, 0.3) is 0 Å². The third kappa shape index (κ3) is 4.14. The van der Waals surface area contributed by atoms with Gasteiger partial charge in [0.25, 0.3) is 0 Å². The molecule has 0 aromatic heterocycles. The maximum atomic E-state index is 5.47. The fourth-order valence-electron chi connectivity index (χ4n) is 2.40. The molecule has 1 aromatic carbocycles. The van der Waals surface area contributed by atoms with E-state index in [2.05, 4.69) is 35.6 Å². The van der Waals surface area contributed by atoms with E-state index in [1.165, 1.54) is 44.2 Å². The van der Waals surface area contributed by atoms with Crippen molar-refractivity contribution in [2.75, 3.05) is 13.1 Å². The van der Waals surface area contributed by atoms with E-state index in [9.17, 15) is 0 Å². The lowest BCUT2D eigenvalue weighted by Gasteiger charge is -2.04. The summed E-state index contributed by atoms with van der Waals surface area (Å²) in [6.07, 6.45) is 6.37. The molecular weight excluding hydrogens is 208 g/mol. The SMILES string of the molecule is NCCCCCCNC1CC1c1ccccc1. The summed E-state index contributed by atoms with van der Waals surface area (Å²) in [6.45, 7) is 2.00. The summed E-state index contributed by atoms with van der Waals surface area (Å²) in [4.78, 5) is 0. The fraction of sp³-hybridized carbons (Fsp3) is 0.600. The van der Waals surface area contributed by atoms with E-state index < -0.39 is 0 Å². The van der Waals surface area contributed by atoms with Crippen LogP contribution < -0.4 is 11.1 Å². The first kappa shape index (κ1) is 12.6. The Labute approximate surface area is 105 Å². The molecule has 2 rings (SSSR count). The zero-order valence-corrected chi connectivity index (χ0v) is 10.6. The normalized spacial score (nSPS) is 22.6. The Morgan fingerprint density at radius 1 is 1.06 bits per heavy atom. The van der Waals surface area contributed by atoms with Crippen molar-refractivity contribution in [1.29, 1.82) is 0 Å². The molecule has 0 bridgehead atoms. The van der Waals surface area contributed by atoms with Crippen molar-refractivity contribution in [3.05, 3.63) is 35.9 Å². The van der Waals surface area contributed by atoms with Gasteiger partial charge in [0.2, 0.25) is 0 Å². The minimum atomic E-state index is 0.729. The molecule has 2 atom stereocenters. The second-order valence-corrected chi connectivity index (χ2v) is 5.02. The van der Waals surface area contributed by atoms with E-state index in [1.54, 1.807) is 0 Å². The van der Waals surface area contributed by atoms with Crippen LogP contribution >= 0.6 is 0 Å². The number of nitrogens with one attached hydrogen (secondary N) is 1. The molecular formula is C15H24N2. The van der Waals surface area contributed by atoms with Crippen LogP contribution in [0.3, 0.4) is 0 Å². The molecule has 1 aliphatic carbocycles. The smallest absolute Gasteiger partial charge is 0.0143 e. The first-order valence-electron chi connectivity index (χ1n) is 6.90. The monoisotopic (exact) mass is 232 g/mol. The van der Waals surface area contributed by atoms with Gasteiger partial charge in [0, 0.05) is 12.0 Å². The predicted molar refractivity (Wildman–Crippen MR) is 73.1 cm³/mol. The maximum Gasteiger partial charge on any atom is 0.0143 e. The third-order valence-electron chi connectivity index (χ3n) is 3.56. The molecule has 2 heteroatoms. The Kier molecular flexibility index (Phi) is 5.02. The van der Waals surface area contributed by atoms with Gasteiger partial charge in [-0.1, -0.05) is 43.2 Å². The third-order valence-corrected chi connectivity index (χ3v) is 3.56. The van der Waals surface area contributed by atoms with Crippen molar-refractivity contribution >= 4 is 0 Å². The number of unbranched alkanes of at least 4 members (excludes halogenated alkanes) is 3. The molecule has 1 fully saturated rings. The highest BCUT2D eigenvalue weighted by Crippen LogP contribution is 2.40. The van der Waals surface area contributed by atoms with Crippen LogP contribution in [0.2, 0.25) is 0 Å². The Bertz CT molecular complexity index is 310. The summed E-state index contributed by atoms with van der Waals surface area (Å²) in [5, 5.41) is 3.65. The van der Waals surface area contributed by atoms with E-state index in [1.807, 2.05) is 0 Å². The van der Waals surface area contributed by atoms with Gasteiger partial charge in [-0.15, -0.1) is 0 Å². The number of hydrogen-bond acceptors (Lipinski definition) is 2. The first-order valence-corrected chi connectivity index (χ1v) is 6.90. The summed E-state index contributed by atoms with van der Waals surface area (Å²) >= 11 is 0. The van der Waals surface area contributed by atoms with Crippen LogP contribution in [-0.4, -0.2) is 19.1 Å². The molecule has 1 aromatic rings. The van der Waals surface area contributed by atoms with Gasteiger partial charge in [-0.05, 0) is 37.9 Å². The molecule has 0 spiro atoms. The minimum Gasteiger partial charge on any atom is -0.330 e. The van der Waals surface area contributed by atoms with E-state index in [4.69, 9.17) is 5.73 Å². The summed E-state index contributed by atoms with van der Waals surface area (Å²) in [7, 11) is 0. The number of rotatable bonds is 8. The highest BCUT2D eigenvalue weighted by Gasteiger charge is 2.37. The Hall–Kier alpha value is -0.860. The lowest BCUT2D eigenvalue weighted by molar-refractivity contribution is 0.583. The van der Waals surface area contributed by atoms with E-state index in [0.29, 0.717) is 0 Å². The highest BCUT2D eigenvalue weighted by molar-refractivity contribution is 5.27. The average Bonchev–Trinajstić information content (AvgIpc) is 3.14. The summed E-state index contributed by atoms with van der Waals surface area (Å²) in [5.74, 6) is 0.764. The van der Waals surface area contributed by atoms with Gasteiger partial charge in [-0.3, -0.25) is 0 Å². The van der Waals surface area contributed by atoms with Crippen molar-refractivity contribution in [3.63, 3.8) is 0 Å². The minimum absolute atomic E-state index is 0.729. The summed E-state index contributed by atoms with van der Waals surface area (Å²) in [6, 6.07) is 11.6. The topological polar surface area (TPSA) is 38.0 Å².